The Bertz CT molecular complexity index is 661. The van der Waals surface area contributed by atoms with Crippen LogP contribution in [0.15, 0.2) is 6.07 Å². The monoisotopic (exact) mass is 351 g/mol. The summed E-state index contributed by atoms with van der Waals surface area (Å²) in [5.74, 6) is -0.814. The number of amides is 3. The minimum atomic E-state index is -0.496. The number of hydrogen-bond donors (Lipinski definition) is 2. The Morgan fingerprint density at radius 3 is 2.58 bits per heavy atom. The van der Waals surface area contributed by atoms with Crippen LogP contribution >= 0.6 is 11.3 Å². The Balaban J connectivity index is 2.13. The molecule has 2 heterocycles. The minimum absolute atomic E-state index is 0.0884. The number of nitrogens with zero attached hydrogens (tertiary/aromatic N) is 1. The number of aryl methyl sites for hydroxylation is 1. The third-order valence-electron chi connectivity index (χ3n) is 4.14. The van der Waals surface area contributed by atoms with Gasteiger partial charge in [-0.05, 0) is 31.4 Å². The van der Waals surface area contributed by atoms with Gasteiger partial charge in [-0.3, -0.25) is 14.4 Å². The van der Waals surface area contributed by atoms with Crippen molar-refractivity contribution in [2.24, 2.45) is 17.1 Å². The van der Waals surface area contributed by atoms with Gasteiger partial charge in [0.15, 0.2) is 0 Å². The van der Waals surface area contributed by atoms with Gasteiger partial charge in [-0.1, -0.05) is 20.8 Å². The van der Waals surface area contributed by atoms with E-state index in [0.717, 1.165) is 18.4 Å². The first-order valence-electron chi connectivity index (χ1n) is 8.10. The van der Waals surface area contributed by atoms with Crippen molar-refractivity contribution in [1.82, 2.24) is 4.90 Å². The average Bonchev–Trinajstić information content (AvgIpc) is 2.86. The van der Waals surface area contributed by atoms with Crippen molar-refractivity contribution < 1.29 is 14.4 Å². The van der Waals surface area contributed by atoms with Gasteiger partial charge in [0.25, 0.3) is 5.91 Å². The van der Waals surface area contributed by atoms with Gasteiger partial charge in [0, 0.05) is 18.5 Å². The molecule has 6 nitrogen and oxygen atoms in total. The summed E-state index contributed by atoms with van der Waals surface area (Å²) in [6.07, 6.45) is 1.51. The second kappa shape index (κ2) is 6.93. The number of hydrogen-bond acceptors (Lipinski definition) is 4. The van der Waals surface area contributed by atoms with Crippen LogP contribution in [0, 0.1) is 18.3 Å². The first kappa shape index (κ1) is 18.4. The van der Waals surface area contributed by atoms with E-state index in [1.54, 1.807) is 4.90 Å². The van der Waals surface area contributed by atoms with Crippen molar-refractivity contribution in [3.63, 3.8) is 0 Å². The average molecular weight is 351 g/mol. The summed E-state index contributed by atoms with van der Waals surface area (Å²) in [4.78, 5) is 38.5. The number of nitrogens with one attached hydrogen (secondary N) is 1. The molecule has 0 saturated carbocycles. The maximum Gasteiger partial charge on any atom is 0.264 e. The predicted octanol–water partition coefficient (Wildman–Crippen LogP) is 2.38. The number of carbonyl (C=O) groups excluding carboxylic acids is 3. The van der Waals surface area contributed by atoms with Gasteiger partial charge >= 0.3 is 0 Å². The molecule has 3 N–H and O–H groups in total. The lowest BCUT2D eigenvalue weighted by Gasteiger charge is -2.31. The Labute approximate surface area is 146 Å². The number of primary amides is 1. The Hall–Kier alpha value is -1.89. The molecule has 1 aromatic rings. The molecular formula is C17H25N3O3S. The molecule has 1 fully saturated rings. The fraction of sp³-hybridized carbons (Fsp3) is 0.588. The summed E-state index contributed by atoms with van der Waals surface area (Å²) in [6, 6.07) is 1.82. The predicted molar refractivity (Wildman–Crippen MR) is 95.0 cm³/mol. The molecule has 0 spiro atoms. The minimum Gasteiger partial charge on any atom is -0.369 e. The van der Waals surface area contributed by atoms with Crippen molar-refractivity contribution in [3.8, 4) is 0 Å². The van der Waals surface area contributed by atoms with E-state index in [1.807, 2.05) is 33.8 Å². The number of nitrogens with two attached hydrogens (primary N) is 1. The first-order chi connectivity index (χ1) is 11.1. The Kier molecular flexibility index (Phi) is 5.32. The molecule has 1 aromatic heterocycles. The van der Waals surface area contributed by atoms with Gasteiger partial charge in [0.1, 0.15) is 0 Å². The van der Waals surface area contributed by atoms with Crippen molar-refractivity contribution in [2.75, 3.05) is 18.4 Å². The summed E-state index contributed by atoms with van der Waals surface area (Å²) in [6.45, 7) is 8.37. The lowest BCUT2D eigenvalue weighted by atomic mass is 9.96. The molecule has 2 rings (SSSR count). The standard InChI is InChI=1S/C17H25N3O3S/c1-10-8-12(19-16(23)17(2,3)4)24-13(10)15(22)20-7-5-6-11(9-20)14(18)21/h8,11H,5-7,9H2,1-4H3,(H2,18,21)(H,19,23)/t11-/m1/s1. The van der Waals surface area contributed by atoms with Crippen molar-refractivity contribution >= 4 is 34.1 Å². The zero-order valence-electron chi connectivity index (χ0n) is 14.6. The molecule has 132 valence electrons. The second-order valence-corrected chi connectivity index (χ2v) is 8.37. The largest absolute Gasteiger partial charge is 0.369 e. The molecule has 0 aliphatic carbocycles. The lowest BCUT2D eigenvalue weighted by molar-refractivity contribution is -0.123. The molecular weight excluding hydrogens is 326 g/mol. The molecule has 7 heteroatoms. The van der Waals surface area contributed by atoms with Crippen LogP contribution in [0.2, 0.25) is 0 Å². The summed E-state index contributed by atoms with van der Waals surface area (Å²) in [7, 11) is 0. The molecule has 1 aliphatic heterocycles. The zero-order valence-corrected chi connectivity index (χ0v) is 15.5. The van der Waals surface area contributed by atoms with E-state index >= 15 is 0 Å². The van der Waals surface area contributed by atoms with Crippen LogP contribution < -0.4 is 11.1 Å². The van der Waals surface area contributed by atoms with Gasteiger partial charge in [-0.2, -0.15) is 0 Å². The van der Waals surface area contributed by atoms with E-state index in [-0.39, 0.29) is 23.6 Å². The normalized spacial score (nSPS) is 18.3. The second-order valence-electron chi connectivity index (χ2n) is 7.32. The van der Waals surface area contributed by atoms with Crippen molar-refractivity contribution in [2.45, 2.75) is 40.5 Å². The molecule has 24 heavy (non-hydrogen) atoms. The number of piperidine rings is 1. The quantitative estimate of drug-likeness (QED) is 0.875. The Morgan fingerprint density at radius 2 is 2.00 bits per heavy atom. The van der Waals surface area contributed by atoms with Crippen molar-refractivity contribution in [1.29, 1.82) is 0 Å². The summed E-state index contributed by atoms with van der Waals surface area (Å²) >= 11 is 1.28. The van der Waals surface area contributed by atoms with E-state index in [4.69, 9.17) is 5.73 Å². The number of rotatable bonds is 3. The third kappa shape index (κ3) is 4.14. The maximum atomic E-state index is 12.8. The summed E-state index contributed by atoms with van der Waals surface area (Å²) in [5, 5.41) is 3.53. The van der Waals surface area contributed by atoms with Crippen LogP contribution in [-0.2, 0) is 9.59 Å². The molecule has 1 saturated heterocycles. The highest BCUT2D eigenvalue weighted by Gasteiger charge is 2.29. The first-order valence-corrected chi connectivity index (χ1v) is 8.91. The zero-order chi connectivity index (χ0) is 18.1. The van der Waals surface area contributed by atoms with Crippen molar-refractivity contribution in [3.05, 3.63) is 16.5 Å². The smallest absolute Gasteiger partial charge is 0.264 e. The third-order valence-corrected chi connectivity index (χ3v) is 5.28. The van der Waals surface area contributed by atoms with E-state index < -0.39 is 5.41 Å². The number of anilines is 1. The maximum absolute atomic E-state index is 12.8. The van der Waals surface area contributed by atoms with Crippen LogP contribution in [0.25, 0.3) is 0 Å². The SMILES string of the molecule is Cc1cc(NC(=O)C(C)(C)C)sc1C(=O)N1CCC[C@@H](C(N)=O)C1. The fourth-order valence-corrected chi connectivity index (χ4v) is 3.63. The highest BCUT2D eigenvalue weighted by atomic mass is 32.1. The highest BCUT2D eigenvalue weighted by Crippen LogP contribution is 2.30. The van der Waals surface area contributed by atoms with E-state index in [2.05, 4.69) is 5.32 Å². The summed E-state index contributed by atoms with van der Waals surface area (Å²) in [5.41, 5.74) is 5.71. The molecule has 0 unspecified atom stereocenters. The van der Waals surface area contributed by atoms with Gasteiger partial charge < -0.3 is 16.0 Å². The fourth-order valence-electron chi connectivity index (χ4n) is 2.59. The van der Waals surface area contributed by atoms with Gasteiger partial charge in [-0.25, -0.2) is 0 Å². The molecule has 1 aliphatic rings. The number of thiophene rings is 1. The van der Waals surface area contributed by atoms with Crippen LogP contribution in [0.3, 0.4) is 0 Å². The number of carbonyl (C=O) groups is 3. The van der Waals surface area contributed by atoms with Crippen LogP contribution in [0.4, 0.5) is 5.00 Å². The van der Waals surface area contributed by atoms with E-state index in [0.29, 0.717) is 23.0 Å². The van der Waals surface area contributed by atoms with E-state index in [1.165, 1.54) is 11.3 Å². The van der Waals surface area contributed by atoms with Gasteiger partial charge in [-0.15, -0.1) is 11.3 Å². The Morgan fingerprint density at radius 1 is 1.33 bits per heavy atom. The van der Waals surface area contributed by atoms with Crippen LogP contribution in [-0.4, -0.2) is 35.7 Å². The van der Waals surface area contributed by atoms with Gasteiger partial charge in [0.2, 0.25) is 11.8 Å². The molecule has 0 radical (unpaired) electrons. The van der Waals surface area contributed by atoms with Gasteiger partial charge in [0.05, 0.1) is 15.8 Å². The highest BCUT2D eigenvalue weighted by molar-refractivity contribution is 7.18. The molecule has 1 atom stereocenters. The molecule has 0 aromatic carbocycles. The van der Waals surface area contributed by atoms with Crippen LogP contribution in [0.5, 0.6) is 0 Å². The van der Waals surface area contributed by atoms with Crippen LogP contribution in [0.1, 0.15) is 48.8 Å². The lowest BCUT2D eigenvalue weighted by Crippen LogP contribution is -2.44. The molecule has 0 bridgehead atoms. The summed E-state index contributed by atoms with van der Waals surface area (Å²) < 4.78 is 0. The van der Waals surface area contributed by atoms with E-state index in [9.17, 15) is 14.4 Å². The number of likely N-dealkylation sites (tertiary alicyclic amines) is 1. The topological polar surface area (TPSA) is 92.5 Å². The molecule has 3 amide bonds.